The van der Waals surface area contributed by atoms with E-state index in [-0.39, 0.29) is 38.7 Å². The fourth-order valence-electron chi connectivity index (χ4n) is 3.77. The Hall–Kier alpha value is -1.96. The topological polar surface area (TPSA) is 37.3 Å². The highest BCUT2D eigenvalue weighted by atomic mass is 79.9. The number of benzene rings is 3. The number of unbranched alkanes of at least 4 members (excludes halogenated alkanes) is 1. The average Bonchev–Trinajstić information content (AvgIpc) is 2.70. The molecule has 0 aliphatic heterocycles. The predicted octanol–water partition coefficient (Wildman–Crippen LogP) is 2.46. The molecule has 0 aromatic heterocycles. The van der Waals surface area contributed by atoms with Crippen LogP contribution in [-0.4, -0.2) is 11.1 Å². The van der Waals surface area contributed by atoms with E-state index < -0.39 is 5.97 Å². The monoisotopic (exact) mass is 458 g/mol. The minimum Gasteiger partial charge on any atom is -1.00 e. The van der Waals surface area contributed by atoms with E-state index >= 15 is 0 Å². The SMILES string of the molecule is O=C(O)CCCCC(c1ccccc1)(c1ccccc1)c1ccccc1.[Br-].[PH4+]. The fraction of sp³-hybridized carbons (Fsp3) is 0.208. The summed E-state index contributed by atoms with van der Waals surface area (Å²) in [7, 11) is 0. The van der Waals surface area contributed by atoms with Crippen LogP contribution < -0.4 is 17.0 Å². The summed E-state index contributed by atoms with van der Waals surface area (Å²) in [6, 6.07) is 31.6. The Kier molecular flexibility index (Phi) is 10.1. The van der Waals surface area contributed by atoms with E-state index in [4.69, 9.17) is 5.11 Å². The van der Waals surface area contributed by atoms with Crippen molar-refractivity contribution in [3.63, 3.8) is 0 Å². The molecule has 0 saturated carbocycles. The molecule has 3 rings (SSSR count). The number of hydrogen-bond donors (Lipinski definition) is 1. The first-order chi connectivity index (χ1) is 12.7. The maximum atomic E-state index is 10.9. The lowest BCUT2D eigenvalue weighted by atomic mass is 9.66. The first kappa shape index (κ1) is 24.1. The summed E-state index contributed by atoms with van der Waals surface area (Å²) in [6.45, 7) is 0. The highest BCUT2D eigenvalue weighted by molar-refractivity contribution is 6.92. The van der Waals surface area contributed by atoms with Crippen LogP contribution in [0.15, 0.2) is 91.0 Å². The third kappa shape index (κ3) is 5.53. The van der Waals surface area contributed by atoms with Gasteiger partial charge in [-0.2, -0.15) is 0 Å². The van der Waals surface area contributed by atoms with Crippen LogP contribution in [0.25, 0.3) is 0 Å². The molecule has 0 spiro atoms. The molecule has 1 N–H and O–H groups in total. The second kappa shape index (κ2) is 11.8. The fourth-order valence-corrected chi connectivity index (χ4v) is 3.77. The zero-order valence-corrected chi connectivity index (χ0v) is 19.8. The van der Waals surface area contributed by atoms with Gasteiger partial charge in [-0.3, -0.25) is 4.79 Å². The van der Waals surface area contributed by atoms with Crippen molar-refractivity contribution >= 4 is 15.9 Å². The van der Waals surface area contributed by atoms with Crippen molar-refractivity contribution in [2.75, 3.05) is 0 Å². The molecule has 1 unspecified atom stereocenters. The molecule has 0 aliphatic carbocycles. The van der Waals surface area contributed by atoms with E-state index in [0.717, 1.165) is 12.8 Å². The third-order valence-electron chi connectivity index (χ3n) is 4.99. The van der Waals surface area contributed by atoms with Crippen LogP contribution in [0.5, 0.6) is 0 Å². The molecule has 3 aromatic rings. The van der Waals surface area contributed by atoms with Gasteiger partial charge in [0.1, 0.15) is 0 Å². The summed E-state index contributed by atoms with van der Waals surface area (Å²) in [5, 5.41) is 8.99. The molecule has 1 atom stereocenters. The summed E-state index contributed by atoms with van der Waals surface area (Å²) in [5.41, 5.74) is 3.45. The summed E-state index contributed by atoms with van der Waals surface area (Å²) in [5.74, 6) is -0.727. The van der Waals surface area contributed by atoms with Crippen LogP contribution >= 0.6 is 9.90 Å². The molecule has 0 fully saturated rings. The second-order valence-corrected chi connectivity index (χ2v) is 6.60. The number of halogens is 1. The molecule has 0 aliphatic rings. The van der Waals surface area contributed by atoms with Crippen LogP contribution in [0, 0.1) is 0 Å². The molecule has 0 bridgehead atoms. The van der Waals surface area contributed by atoms with Gasteiger partial charge in [-0.05, 0) is 39.4 Å². The zero-order chi connectivity index (χ0) is 18.2. The number of carbonyl (C=O) groups is 1. The van der Waals surface area contributed by atoms with Gasteiger partial charge in [0.2, 0.25) is 0 Å². The van der Waals surface area contributed by atoms with E-state index in [1.54, 1.807) is 0 Å². The minimum atomic E-state index is -0.727. The molecule has 28 heavy (non-hydrogen) atoms. The van der Waals surface area contributed by atoms with Gasteiger partial charge in [-0.1, -0.05) is 97.4 Å². The molecule has 4 heteroatoms. The number of aliphatic carboxylic acids is 1. The minimum absolute atomic E-state index is 0. The zero-order valence-electron chi connectivity index (χ0n) is 16.2. The summed E-state index contributed by atoms with van der Waals surface area (Å²) in [6.07, 6.45) is 2.63. The van der Waals surface area contributed by atoms with Gasteiger partial charge in [0.05, 0.1) is 0 Å². The Morgan fingerprint density at radius 1 is 0.679 bits per heavy atom. The van der Waals surface area contributed by atoms with Crippen molar-refractivity contribution in [2.45, 2.75) is 31.1 Å². The Morgan fingerprint density at radius 2 is 1.04 bits per heavy atom. The number of carboxylic acids is 1. The molecular weight excluding hydrogens is 431 g/mol. The highest BCUT2D eigenvalue weighted by Gasteiger charge is 2.35. The summed E-state index contributed by atoms with van der Waals surface area (Å²) >= 11 is 0. The second-order valence-electron chi connectivity index (χ2n) is 6.60. The van der Waals surface area contributed by atoms with E-state index in [1.165, 1.54) is 16.7 Å². The smallest absolute Gasteiger partial charge is 0.303 e. The van der Waals surface area contributed by atoms with Gasteiger partial charge in [-0.15, -0.1) is 0 Å². The lowest BCUT2D eigenvalue weighted by Gasteiger charge is -2.36. The summed E-state index contributed by atoms with van der Waals surface area (Å²) < 4.78 is 0. The van der Waals surface area contributed by atoms with Crippen molar-refractivity contribution in [1.82, 2.24) is 0 Å². The summed E-state index contributed by atoms with van der Waals surface area (Å²) in [4.78, 5) is 10.9. The first-order valence-electron chi connectivity index (χ1n) is 9.12. The van der Waals surface area contributed by atoms with Gasteiger partial charge in [0, 0.05) is 11.8 Å². The molecule has 2 nitrogen and oxygen atoms in total. The highest BCUT2D eigenvalue weighted by Crippen LogP contribution is 2.43. The first-order valence-corrected chi connectivity index (χ1v) is 9.12. The maximum Gasteiger partial charge on any atom is 0.303 e. The Morgan fingerprint density at radius 3 is 1.36 bits per heavy atom. The van der Waals surface area contributed by atoms with E-state index in [1.807, 2.05) is 18.2 Å². The van der Waals surface area contributed by atoms with Gasteiger partial charge < -0.3 is 22.1 Å². The molecule has 0 saturated heterocycles. The number of carboxylic acid groups (broad SMARTS) is 1. The van der Waals surface area contributed by atoms with Crippen molar-refractivity contribution in [1.29, 1.82) is 0 Å². The van der Waals surface area contributed by atoms with Gasteiger partial charge >= 0.3 is 5.97 Å². The molecule has 0 heterocycles. The van der Waals surface area contributed by atoms with E-state index in [0.29, 0.717) is 6.42 Å². The lowest BCUT2D eigenvalue weighted by Crippen LogP contribution is -3.00. The molecule has 148 valence electrons. The molecule has 0 amide bonds. The Balaban J connectivity index is 0.00000196. The normalized spacial score (nSPS) is 10.4. The van der Waals surface area contributed by atoms with Gasteiger partial charge in [0.25, 0.3) is 0 Å². The maximum absolute atomic E-state index is 10.9. The van der Waals surface area contributed by atoms with Crippen LogP contribution in [0.2, 0.25) is 0 Å². The predicted molar refractivity (Wildman–Crippen MR) is 118 cm³/mol. The van der Waals surface area contributed by atoms with E-state index in [9.17, 15) is 4.79 Å². The molecular formula is C24H28BrO2P. The van der Waals surface area contributed by atoms with Crippen LogP contribution in [0.4, 0.5) is 0 Å². The quantitative estimate of drug-likeness (QED) is 0.319. The third-order valence-corrected chi connectivity index (χ3v) is 4.99. The lowest BCUT2D eigenvalue weighted by molar-refractivity contribution is -0.137. The Labute approximate surface area is 181 Å². The average molecular weight is 459 g/mol. The number of rotatable bonds is 8. The van der Waals surface area contributed by atoms with Crippen molar-refractivity contribution in [2.24, 2.45) is 0 Å². The van der Waals surface area contributed by atoms with Gasteiger partial charge in [0.15, 0.2) is 0 Å². The molecule has 3 aromatic carbocycles. The van der Waals surface area contributed by atoms with Crippen LogP contribution in [0.3, 0.4) is 0 Å². The van der Waals surface area contributed by atoms with Crippen molar-refractivity contribution in [3.05, 3.63) is 108 Å². The molecule has 0 radical (unpaired) electrons. The van der Waals surface area contributed by atoms with Crippen LogP contribution in [0.1, 0.15) is 42.4 Å². The van der Waals surface area contributed by atoms with Crippen molar-refractivity contribution in [3.8, 4) is 0 Å². The van der Waals surface area contributed by atoms with Crippen LogP contribution in [-0.2, 0) is 10.2 Å². The largest absolute Gasteiger partial charge is 1.00 e. The Bertz CT molecular complexity index is 726. The standard InChI is InChI=1S/C24H24O2.BrH.H3P/c25-23(26)18-10-11-19-24(20-12-4-1-5-13-20,21-14-6-2-7-15-21)22-16-8-3-9-17-22;;/h1-9,12-17H,10-11,18-19H2,(H,25,26);1H;1H3. The van der Waals surface area contributed by atoms with Gasteiger partial charge in [-0.25, -0.2) is 0 Å². The number of hydrogen-bond acceptors (Lipinski definition) is 1. The van der Waals surface area contributed by atoms with E-state index in [2.05, 4.69) is 72.8 Å². The van der Waals surface area contributed by atoms with Crippen molar-refractivity contribution < 1.29 is 26.9 Å².